The number of imidazole rings is 1. The van der Waals surface area contributed by atoms with E-state index < -0.39 is 11.7 Å². The second-order valence-corrected chi connectivity index (χ2v) is 6.77. The van der Waals surface area contributed by atoms with Gasteiger partial charge in [0.25, 0.3) is 0 Å². The van der Waals surface area contributed by atoms with Crippen LogP contribution in [0.3, 0.4) is 0 Å². The Morgan fingerprint density at radius 1 is 1.32 bits per heavy atom. The minimum absolute atomic E-state index is 0.213. The molecule has 1 aromatic carbocycles. The van der Waals surface area contributed by atoms with E-state index in [9.17, 15) is 18.0 Å². The molecule has 1 aromatic heterocycles. The highest BCUT2D eigenvalue weighted by Crippen LogP contribution is 2.35. The number of esters is 1. The Bertz CT molecular complexity index is 827. The molecule has 2 aromatic rings. The second kappa shape index (κ2) is 8.12. The molecule has 2 N–H and O–H groups in total. The predicted molar refractivity (Wildman–Crippen MR) is 98.8 cm³/mol. The van der Waals surface area contributed by atoms with Crippen molar-refractivity contribution in [1.29, 1.82) is 0 Å². The first-order valence-electron chi connectivity index (χ1n) is 9.18. The van der Waals surface area contributed by atoms with E-state index in [4.69, 9.17) is 10.5 Å². The van der Waals surface area contributed by atoms with Gasteiger partial charge in [-0.15, -0.1) is 0 Å². The average Bonchev–Trinajstić information content (AvgIpc) is 3.06. The van der Waals surface area contributed by atoms with Gasteiger partial charge >= 0.3 is 12.1 Å². The van der Waals surface area contributed by atoms with Crippen molar-refractivity contribution >= 4 is 17.6 Å². The molecule has 0 aliphatic carbocycles. The molecule has 1 saturated heterocycles. The largest absolute Gasteiger partial charge is 0.466 e. The number of nitrogens with two attached hydrogens (primary N) is 1. The van der Waals surface area contributed by atoms with Crippen molar-refractivity contribution in [1.82, 2.24) is 9.55 Å². The van der Waals surface area contributed by atoms with Crippen LogP contribution in [0.15, 0.2) is 30.6 Å². The molecule has 0 radical (unpaired) electrons. The molecule has 1 fully saturated rings. The van der Waals surface area contributed by atoms with Crippen LogP contribution in [0.2, 0.25) is 0 Å². The monoisotopic (exact) mass is 396 g/mol. The van der Waals surface area contributed by atoms with Gasteiger partial charge in [0, 0.05) is 31.2 Å². The van der Waals surface area contributed by atoms with Crippen molar-refractivity contribution in [3.8, 4) is 0 Å². The van der Waals surface area contributed by atoms with Gasteiger partial charge in [-0.25, -0.2) is 4.98 Å². The number of anilines is 2. The number of alkyl halides is 3. The Kier molecular flexibility index (Phi) is 5.81. The number of nitrogen functional groups attached to an aromatic ring is 1. The van der Waals surface area contributed by atoms with Crippen molar-refractivity contribution < 1.29 is 22.7 Å². The molecule has 152 valence electrons. The number of ether oxygens (including phenoxy) is 1. The van der Waals surface area contributed by atoms with Gasteiger partial charge in [-0.2, -0.15) is 13.2 Å². The molecule has 1 aliphatic rings. The van der Waals surface area contributed by atoms with E-state index in [1.807, 2.05) is 4.90 Å². The molecule has 3 rings (SSSR count). The zero-order chi connectivity index (χ0) is 20.3. The summed E-state index contributed by atoms with van der Waals surface area (Å²) in [5.74, 6) is -0.154. The number of hydrogen-bond acceptors (Lipinski definition) is 5. The molecule has 0 spiro atoms. The Morgan fingerprint density at radius 3 is 2.61 bits per heavy atom. The topological polar surface area (TPSA) is 73.4 Å². The van der Waals surface area contributed by atoms with Gasteiger partial charge in [0.2, 0.25) is 0 Å². The molecule has 0 amide bonds. The molecule has 0 bridgehead atoms. The fourth-order valence-corrected chi connectivity index (χ4v) is 3.44. The third kappa shape index (κ3) is 4.40. The van der Waals surface area contributed by atoms with Crippen LogP contribution < -0.4 is 10.6 Å². The van der Waals surface area contributed by atoms with E-state index >= 15 is 0 Å². The number of halogens is 3. The first-order valence-corrected chi connectivity index (χ1v) is 9.18. The van der Waals surface area contributed by atoms with Crippen molar-refractivity contribution in [3.63, 3.8) is 0 Å². The normalized spacial score (nSPS) is 15.6. The molecule has 0 atom stereocenters. The quantitative estimate of drug-likeness (QED) is 0.785. The summed E-state index contributed by atoms with van der Waals surface area (Å²) in [4.78, 5) is 17.8. The van der Waals surface area contributed by atoms with Gasteiger partial charge in [-0.3, -0.25) is 4.79 Å². The Balaban J connectivity index is 1.85. The number of rotatable bonds is 5. The fraction of sp³-hybridized carbons (Fsp3) is 0.474. The summed E-state index contributed by atoms with van der Waals surface area (Å²) < 4.78 is 46.5. The number of hydrogen-bond donors (Lipinski definition) is 1. The van der Waals surface area contributed by atoms with Crippen LogP contribution in [-0.4, -0.2) is 35.2 Å². The number of piperidine rings is 1. The van der Waals surface area contributed by atoms with Gasteiger partial charge in [-0.1, -0.05) is 6.07 Å². The van der Waals surface area contributed by atoms with Gasteiger partial charge in [0.1, 0.15) is 0 Å². The Hall–Kier alpha value is -2.71. The zero-order valence-electron chi connectivity index (χ0n) is 15.6. The van der Waals surface area contributed by atoms with Gasteiger partial charge in [0.05, 0.1) is 24.6 Å². The zero-order valence-corrected chi connectivity index (χ0v) is 15.6. The molecular formula is C19H23F3N4O2. The lowest BCUT2D eigenvalue weighted by molar-refractivity contribution is -0.148. The van der Waals surface area contributed by atoms with Crippen LogP contribution in [0.1, 0.15) is 30.9 Å². The van der Waals surface area contributed by atoms with Crippen LogP contribution in [0.4, 0.5) is 24.8 Å². The summed E-state index contributed by atoms with van der Waals surface area (Å²) in [5.41, 5.74) is 6.33. The average molecular weight is 396 g/mol. The van der Waals surface area contributed by atoms with Gasteiger partial charge in [0.15, 0.2) is 5.95 Å². The van der Waals surface area contributed by atoms with Crippen molar-refractivity contribution in [2.45, 2.75) is 32.5 Å². The highest BCUT2D eigenvalue weighted by atomic mass is 19.4. The van der Waals surface area contributed by atoms with Crippen LogP contribution in [0.25, 0.3) is 0 Å². The fourth-order valence-electron chi connectivity index (χ4n) is 3.44. The molecule has 1 aliphatic heterocycles. The molecular weight excluding hydrogens is 373 g/mol. The molecule has 28 heavy (non-hydrogen) atoms. The smallest absolute Gasteiger partial charge is 0.416 e. The van der Waals surface area contributed by atoms with Crippen molar-refractivity contribution in [3.05, 3.63) is 41.7 Å². The van der Waals surface area contributed by atoms with E-state index in [0.29, 0.717) is 56.3 Å². The van der Waals surface area contributed by atoms with E-state index in [1.54, 1.807) is 23.9 Å². The maximum atomic E-state index is 13.2. The lowest BCUT2D eigenvalue weighted by Crippen LogP contribution is -2.37. The van der Waals surface area contributed by atoms with Crippen LogP contribution in [0, 0.1) is 5.92 Å². The van der Waals surface area contributed by atoms with Crippen molar-refractivity contribution in [2.24, 2.45) is 5.92 Å². The Labute approximate surface area is 161 Å². The summed E-state index contributed by atoms with van der Waals surface area (Å²) in [6.45, 7) is 3.36. The number of nitrogens with zero attached hydrogens (tertiary/aromatic N) is 3. The number of carbonyl (C=O) groups excluding carboxylic acids is 1. The van der Waals surface area contributed by atoms with E-state index in [0.717, 1.165) is 6.07 Å². The van der Waals surface area contributed by atoms with Gasteiger partial charge < -0.3 is 19.9 Å². The van der Waals surface area contributed by atoms with Crippen LogP contribution >= 0.6 is 0 Å². The van der Waals surface area contributed by atoms with Crippen LogP contribution in [0.5, 0.6) is 0 Å². The maximum Gasteiger partial charge on any atom is 0.416 e. The summed E-state index contributed by atoms with van der Waals surface area (Å²) in [6.07, 6.45) is -0.109. The lowest BCUT2D eigenvalue weighted by Gasteiger charge is -2.34. The first kappa shape index (κ1) is 20.0. The van der Waals surface area contributed by atoms with Crippen LogP contribution in [-0.2, 0) is 22.3 Å². The van der Waals surface area contributed by atoms with Gasteiger partial charge in [-0.05, 0) is 37.5 Å². The predicted octanol–water partition coefficient (Wildman–Crippen LogP) is 3.31. The van der Waals surface area contributed by atoms with E-state index in [1.165, 1.54) is 12.1 Å². The number of aromatic nitrogens is 2. The van der Waals surface area contributed by atoms with E-state index in [2.05, 4.69) is 4.98 Å². The summed E-state index contributed by atoms with van der Waals surface area (Å²) >= 11 is 0. The summed E-state index contributed by atoms with van der Waals surface area (Å²) in [6, 6.07) is 3.74. The van der Waals surface area contributed by atoms with Crippen molar-refractivity contribution in [2.75, 3.05) is 30.3 Å². The molecule has 6 nitrogen and oxygen atoms in total. The highest BCUT2D eigenvalue weighted by Gasteiger charge is 2.33. The molecule has 0 saturated carbocycles. The molecule has 0 unspecified atom stereocenters. The Morgan fingerprint density at radius 2 is 2.04 bits per heavy atom. The standard InChI is InChI=1S/C19H23F3N4O2/c1-2-28-17(27)13-5-8-25(9-6-13)16-11-15(19(20,21)22)4-3-14(16)12-26-10-7-24-18(26)23/h3-4,7,10-11,13H,2,5-6,8-9,12H2,1H3,(H2,23,24). The highest BCUT2D eigenvalue weighted by molar-refractivity contribution is 5.73. The number of benzene rings is 1. The third-order valence-electron chi connectivity index (χ3n) is 4.96. The minimum Gasteiger partial charge on any atom is -0.466 e. The first-order chi connectivity index (χ1) is 13.3. The summed E-state index contributed by atoms with van der Waals surface area (Å²) in [5, 5.41) is 0. The minimum atomic E-state index is -4.43. The summed E-state index contributed by atoms with van der Waals surface area (Å²) in [7, 11) is 0. The SMILES string of the molecule is CCOC(=O)C1CCN(c2cc(C(F)(F)F)ccc2Cn2ccnc2N)CC1. The number of carbonyl (C=O) groups is 1. The third-order valence-corrected chi connectivity index (χ3v) is 4.96. The maximum absolute atomic E-state index is 13.2. The second-order valence-electron chi connectivity index (χ2n) is 6.77. The van der Waals surface area contributed by atoms with E-state index in [-0.39, 0.29) is 11.9 Å². The molecule has 9 heteroatoms. The lowest BCUT2D eigenvalue weighted by atomic mass is 9.95. The molecule has 2 heterocycles.